The van der Waals surface area contributed by atoms with E-state index in [1.165, 1.54) is 0 Å². The van der Waals surface area contributed by atoms with Crippen LogP contribution in [0.15, 0.2) is 28.8 Å². The Morgan fingerprint density at radius 2 is 2.05 bits per heavy atom. The summed E-state index contributed by atoms with van der Waals surface area (Å²) < 4.78 is 10.4. The van der Waals surface area contributed by atoms with E-state index in [-0.39, 0.29) is 5.54 Å². The SMILES string of the molecule is COCc1ccc(-c2nc(C3(N)CCC3)no2)cc1. The first-order valence-corrected chi connectivity index (χ1v) is 6.43. The van der Waals surface area contributed by atoms with Crippen molar-refractivity contribution in [2.45, 2.75) is 31.4 Å². The molecule has 0 saturated heterocycles. The van der Waals surface area contributed by atoms with Crippen molar-refractivity contribution in [1.82, 2.24) is 10.1 Å². The fourth-order valence-corrected chi connectivity index (χ4v) is 2.23. The van der Waals surface area contributed by atoms with Gasteiger partial charge in [0.2, 0.25) is 0 Å². The summed E-state index contributed by atoms with van der Waals surface area (Å²) in [5.41, 5.74) is 7.82. The third kappa shape index (κ3) is 2.27. The summed E-state index contributed by atoms with van der Waals surface area (Å²) in [7, 11) is 1.68. The Labute approximate surface area is 111 Å². The van der Waals surface area contributed by atoms with Crippen LogP contribution in [0.4, 0.5) is 0 Å². The maximum Gasteiger partial charge on any atom is 0.257 e. The fraction of sp³-hybridized carbons (Fsp3) is 0.429. The molecule has 100 valence electrons. The highest BCUT2D eigenvalue weighted by Crippen LogP contribution is 2.37. The first-order chi connectivity index (χ1) is 9.21. The van der Waals surface area contributed by atoms with Crippen LogP contribution in [-0.4, -0.2) is 17.3 Å². The lowest BCUT2D eigenvalue weighted by molar-refractivity contribution is 0.185. The Kier molecular flexibility index (Phi) is 3.08. The van der Waals surface area contributed by atoms with Crippen LogP contribution in [0, 0.1) is 0 Å². The van der Waals surface area contributed by atoms with Crippen molar-refractivity contribution in [3.05, 3.63) is 35.7 Å². The van der Waals surface area contributed by atoms with Gasteiger partial charge in [0.15, 0.2) is 5.82 Å². The summed E-state index contributed by atoms with van der Waals surface area (Å²) in [5.74, 6) is 1.14. The Morgan fingerprint density at radius 3 is 2.63 bits per heavy atom. The summed E-state index contributed by atoms with van der Waals surface area (Å²) in [6.45, 7) is 0.598. The van der Waals surface area contributed by atoms with Crippen molar-refractivity contribution < 1.29 is 9.26 Å². The lowest BCUT2D eigenvalue weighted by atomic mass is 9.77. The van der Waals surface area contributed by atoms with E-state index in [4.69, 9.17) is 15.0 Å². The van der Waals surface area contributed by atoms with E-state index in [0.717, 1.165) is 30.4 Å². The van der Waals surface area contributed by atoms with Crippen LogP contribution in [0.3, 0.4) is 0 Å². The standard InChI is InChI=1S/C14H17N3O2/c1-18-9-10-3-5-11(6-4-10)12-16-13(17-19-12)14(15)7-2-8-14/h3-6H,2,7-9,15H2,1H3. The summed E-state index contributed by atoms with van der Waals surface area (Å²) in [5, 5.41) is 4.01. The zero-order valence-corrected chi connectivity index (χ0v) is 10.9. The Bertz CT molecular complexity index is 558. The average Bonchev–Trinajstić information content (AvgIpc) is 2.87. The van der Waals surface area contributed by atoms with Crippen molar-refractivity contribution in [2.24, 2.45) is 5.73 Å². The average molecular weight is 259 g/mol. The number of methoxy groups -OCH3 is 1. The van der Waals surface area contributed by atoms with Gasteiger partial charge < -0.3 is 15.0 Å². The second kappa shape index (κ2) is 4.75. The highest BCUT2D eigenvalue weighted by atomic mass is 16.5. The van der Waals surface area contributed by atoms with Gasteiger partial charge in [-0.05, 0) is 37.0 Å². The maximum atomic E-state index is 6.18. The molecular weight excluding hydrogens is 242 g/mol. The first kappa shape index (κ1) is 12.3. The first-order valence-electron chi connectivity index (χ1n) is 6.43. The molecule has 0 amide bonds. The van der Waals surface area contributed by atoms with Crippen molar-refractivity contribution in [1.29, 1.82) is 0 Å². The topological polar surface area (TPSA) is 74.2 Å². The van der Waals surface area contributed by atoms with Gasteiger partial charge in [0, 0.05) is 12.7 Å². The summed E-state index contributed by atoms with van der Waals surface area (Å²) >= 11 is 0. The highest BCUT2D eigenvalue weighted by molar-refractivity contribution is 5.53. The van der Waals surface area contributed by atoms with Crippen LogP contribution in [0.25, 0.3) is 11.5 Å². The van der Waals surface area contributed by atoms with E-state index < -0.39 is 0 Å². The summed E-state index contributed by atoms with van der Waals surface area (Å²) in [6, 6.07) is 7.89. The number of hydrogen-bond acceptors (Lipinski definition) is 5. The van der Waals surface area contributed by atoms with E-state index in [1.54, 1.807) is 7.11 Å². The molecule has 5 nitrogen and oxygen atoms in total. The van der Waals surface area contributed by atoms with Gasteiger partial charge in [-0.3, -0.25) is 0 Å². The molecule has 2 N–H and O–H groups in total. The van der Waals surface area contributed by atoms with Crippen LogP contribution in [0.5, 0.6) is 0 Å². The zero-order valence-electron chi connectivity index (χ0n) is 10.9. The minimum absolute atomic E-state index is 0.377. The smallest absolute Gasteiger partial charge is 0.257 e. The van der Waals surface area contributed by atoms with E-state index in [1.807, 2.05) is 24.3 Å². The van der Waals surface area contributed by atoms with Gasteiger partial charge in [-0.2, -0.15) is 4.98 Å². The number of rotatable bonds is 4. The van der Waals surface area contributed by atoms with Crippen molar-refractivity contribution in [3.63, 3.8) is 0 Å². The molecule has 5 heteroatoms. The van der Waals surface area contributed by atoms with Gasteiger partial charge in [0.1, 0.15) is 0 Å². The minimum Gasteiger partial charge on any atom is -0.380 e. The highest BCUT2D eigenvalue weighted by Gasteiger charge is 2.39. The van der Waals surface area contributed by atoms with E-state index in [0.29, 0.717) is 18.3 Å². The largest absolute Gasteiger partial charge is 0.380 e. The molecule has 0 radical (unpaired) electrons. The van der Waals surface area contributed by atoms with Crippen LogP contribution in [-0.2, 0) is 16.9 Å². The second-order valence-electron chi connectivity index (χ2n) is 5.06. The number of nitrogens with two attached hydrogens (primary N) is 1. The normalized spacial score (nSPS) is 17.2. The molecule has 19 heavy (non-hydrogen) atoms. The fourth-order valence-electron chi connectivity index (χ4n) is 2.23. The predicted molar refractivity (Wildman–Crippen MR) is 70.2 cm³/mol. The summed E-state index contributed by atoms with van der Waals surface area (Å²) in [6.07, 6.45) is 2.99. The maximum absolute atomic E-state index is 6.18. The minimum atomic E-state index is -0.377. The van der Waals surface area contributed by atoms with Crippen LogP contribution >= 0.6 is 0 Å². The molecule has 1 aromatic heterocycles. The van der Waals surface area contributed by atoms with Gasteiger partial charge in [-0.15, -0.1) is 0 Å². The van der Waals surface area contributed by atoms with Gasteiger partial charge in [0.05, 0.1) is 12.1 Å². The van der Waals surface area contributed by atoms with Crippen LogP contribution < -0.4 is 5.73 Å². The van der Waals surface area contributed by atoms with Gasteiger partial charge in [-0.1, -0.05) is 17.3 Å². The van der Waals surface area contributed by atoms with Crippen molar-refractivity contribution in [3.8, 4) is 11.5 Å². The Morgan fingerprint density at radius 1 is 1.32 bits per heavy atom. The molecule has 1 heterocycles. The zero-order chi connectivity index (χ0) is 13.3. The molecule has 1 aromatic carbocycles. The van der Waals surface area contributed by atoms with Crippen LogP contribution in [0.2, 0.25) is 0 Å². The molecule has 0 atom stereocenters. The molecule has 0 unspecified atom stereocenters. The molecule has 3 rings (SSSR count). The molecule has 1 aliphatic rings. The number of ether oxygens (including phenoxy) is 1. The number of hydrogen-bond donors (Lipinski definition) is 1. The second-order valence-corrected chi connectivity index (χ2v) is 5.06. The van der Waals surface area contributed by atoms with E-state index in [9.17, 15) is 0 Å². The molecule has 0 spiro atoms. The molecule has 1 fully saturated rings. The van der Waals surface area contributed by atoms with Crippen molar-refractivity contribution in [2.75, 3.05) is 7.11 Å². The molecule has 1 saturated carbocycles. The number of benzene rings is 1. The molecule has 2 aromatic rings. The molecular formula is C14H17N3O2. The predicted octanol–water partition coefficient (Wildman–Crippen LogP) is 2.22. The third-order valence-corrected chi connectivity index (χ3v) is 3.63. The molecule has 0 aliphatic heterocycles. The Hall–Kier alpha value is -1.72. The summed E-state index contributed by atoms with van der Waals surface area (Å²) in [4.78, 5) is 4.42. The number of aromatic nitrogens is 2. The van der Waals surface area contributed by atoms with Gasteiger partial charge >= 0.3 is 0 Å². The molecule has 0 bridgehead atoms. The van der Waals surface area contributed by atoms with Gasteiger partial charge in [0.25, 0.3) is 5.89 Å². The third-order valence-electron chi connectivity index (χ3n) is 3.63. The van der Waals surface area contributed by atoms with Gasteiger partial charge in [-0.25, -0.2) is 0 Å². The van der Waals surface area contributed by atoms with Crippen LogP contribution in [0.1, 0.15) is 30.7 Å². The quantitative estimate of drug-likeness (QED) is 0.911. The lowest BCUT2D eigenvalue weighted by Crippen LogP contribution is -2.44. The van der Waals surface area contributed by atoms with Crippen molar-refractivity contribution >= 4 is 0 Å². The number of nitrogens with zero attached hydrogens (tertiary/aromatic N) is 2. The van der Waals surface area contributed by atoms with E-state index in [2.05, 4.69) is 10.1 Å². The Balaban J connectivity index is 1.82. The van der Waals surface area contributed by atoms with E-state index >= 15 is 0 Å². The lowest BCUT2D eigenvalue weighted by Gasteiger charge is -2.34. The molecule has 1 aliphatic carbocycles. The monoisotopic (exact) mass is 259 g/mol.